The maximum atomic E-state index is 12.4. The lowest BCUT2D eigenvalue weighted by molar-refractivity contribution is -0.384. The van der Waals surface area contributed by atoms with E-state index in [9.17, 15) is 19.7 Å². The van der Waals surface area contributed by atoms with Crippen LogP contribution in [0.15, 0.2) is 71.5 Å². The monoisotopic (exact) mass is 380 g/mol. The number of para-hydroxylation sites is 1. The Bertz CT molecular complexity index is 1050. The van der Waals surface area contributed by atoms with Crippen molar-refractivity contribution in [2.45, 2.75) is 6.54 Å². The van der Waals surface area contributed by atoms with Crippen molar-refractivity contribution in [2.24, 2.45) is 0 Å². The molecular formula is C19H16N4O5. The summed E-state index contributed by atoms with van der Waals surface area (Å²) >= 11 is 0. The molecule has 3 rings (SSSR count). The largest absolute Gasteiger partial charge is 0.492 e. The Morgan fingerprint density at radius 2 is 1.89 bits per heavy atom. The first-order valence-electron chi connectivity index (χ1n) is 8.35. The molecule has 0 saturated carbocycles. The van der Waals surface area contributed by atoms with Crippen LogP contribution in [0.3, 0.4) is 0 Å². The van der Waals surface area contributed by atoms with Crippen molar-refractivity contribution >= 4 is 17.3 Å². The molecule has 0 fully saturated rings. The molecule has 0 aliphatic rings. The zero-order chi connectivity index (χ0) is 19.9. The van der Waals surface area contributed by atoms with Gasteiger partial charge in [0.25, 0.3) is 17.2 Å². The van der Waals surface area contributed by atoms with Gasteiger partial charge in [0.2, 0.25) is 0 Å². The number of aromatic nitrogens is 2. The molecule has 1 amide bonds. The van der Waals surface area contributed by atoms with Crippen LogP contribution in [0.2, 0.25) is 0 Å². The van der Waals surface area contributed by atoms with Gasteiger partial charge in [0.05, 0.1) is 11.5 Å². The molecule has 0 spiro atoms. The predicted molar refractivity (Wildman–Crippen MR) is 101 cm³/mol. The number of carbonyl (C=O) groups excluding carboxylic acids is 1. The number of carbonyl (C=O) groups is 1. The van der Waals surface area contributed by atoms with Crippen LogP contribution >= 0.6 is 0 Å². The zero-order valence-corrected chi connectivity index (χ0v) is 14.6. The quantitative estimate of drug-likeness (QED) is 0.497. The molecule has 2 aromatic carbocycles. The highest BCUT2D eigenvalue weighted by molar-refractivity contribution is 6.02. The Morgan fingerprint density at radius 1 is 1.11 bits per heavy atom. The third-order valence-corrected chi connectivity index (χ3v) is 3.73. The lowest BCUT2D eigenvalue weighted by Gasteiger charge is -2.09. The van der Waals surface area contributed by atoms with Crippen LogP contribution in [0.25, 0.3) is 0 Å². The van der Waals surface area contributed by atoms with Crippen LogP contribution < -0.4 is 15.6 Å². The highest BCUT2D eigenvalue weighted by atomic mass is 16.6. The molecule has 1 heterocycles. The first-order valence-corrected chi connectivity index (χ1v) is 8.35. The molecule has 3 aromatic rings. The first-order chi connectivity index (χ1) is 13.5. The fourth-order valence-corrected chi connectivity index (χ4v) is 2.39. The molecule has 0 unspecified atom stereocenters. The smallest absolute Gasteiger partial charge is 0.276 e. The maximum Gasteiger partial charge on any atom is 0.276 e. The van der Waals surface area contributed by atoms with Gasteiger partial charge >= 0.3 is 0 Å². The molecule has 142 valence electrons. The van der Waals surface area contributed by atoms with Gasteiger partial charge in [-0.1, -0.05) is 24.3 Å². The molecule has 1 aromatic heterocycles. The molecule has 0 aliphatic heterocycles. The Balaban J connectivity index is 1.68. The summed E-state index contributed by atoms with van der Waals surface area (Å²) in [6.45, 7) is 0.360. The van der Waals surface area contributed by atoms with Crippen LogP contribution in [0, 0.1) is 10.1 Å². The first kappa shape index (κ1) is 18.8. The number of ether oxygens (including phenoxy) is 1. The van der Waals surface area contributed by atoms with Gasteiger partial charge in [0.1, 0.15) is 18.1 Å². The van der Waals surface area contributed by atoms with Gasteiger partial charge in [-0.25, -0.2) is 4.68 Å². The highest BCUT2D eigenvalue weighted by Crippen LogP contribution is 2.17. The number of nitrogens with one attached hydrogen (secondary N) is 1. The standard InChI is InChI=1S/C19H16N4O5/c24-18-10-9-17(19(25)20-14-5-4-6-15(13-14)23(26)27)21-22(18)11-12-28-16-7-2-1-3-8-16/h1-10,13H,11-12H2,(H,20,25). The molecule has 9 nitrogen and oxygen atoms in total. The average molecular weight is 380 g/mol. The van der Waals surface area contributed by atoms with Crippen molar-refractivity contribution in [3.8, 4) is 5.75 Å². The summed E-state index contributed by atoms with van der Waals surface area (Å²) in [4.78, 5) is 34.6. The van der Waals surface area contributed by atoms with Crippen molar-refractivity contribution in [3.63, 3.8) is 0 Å². The number of nitro benzene ring substituents is 1. The molecule has 1 N–H and O–H groups in total. The van der Waals surface area contributed by atoms with Crippen LogP contribution in [0.4, 0.5) is 11.4 Å². The van der Waals surface area contributed by atoms with E-state index in [0.717, 1.165) is 4.68 Å². The summed E-state index contributed by atoms with van der Waals surface area (Å²) in [5, 5.41) is 17.4. The van der Waals surface area contributed by atoms with Crippen LogP contribution in [0.1, 0.15) is 10.5 Å². The minimum atomic E-state index is -0.585. The van der Waals surface area contributed by atoms with E-state index in [2.05, 4.69) is 10.4 Å². The summed E-state index contributed by atoms with van der Waals surface area (Å²) in [5.41, 5.74) is -0.255. The average Bonchev–Trinajstić information content (AvgIpc) is 2.70. The number of hydrogen-bond donors (Lipinski definition) is 1. The molecule has 0 saturated heterocycles. The van der Waals surface area contributed by atoms with Gasteiger partial charge in [-0.2, -0.15) is 5.10 Å². The number of amides is 1. The van der Waals surface area contributed by atoms with Crippen molar-refractivity contribution < 1.29 is 14.5 Å². The lowest BCUT2D eigenvalue weighted by atomic mass is 10.2. The van der Waals surface area contributed by atoms with Crippen molar-refractivity contribution in [1.29, 1.82) is 0 Å². The van der Waals surface area contributed by atoms with Gasteiger partial charge < -0.3 is 10.1 Å². The number of rotatable bonds is 7. The second kappa shape index (κ2) is 8.58. The Morgan fingerprint density at radius 3 is 2.64 bits per heavy atom. The number of benzene rings is 2. The number of nitrogens with zero attached hydrogens (tertiary/aromatic N) is 3. The van der Waals surface area contributed by atoms with E-state index in [1.54, 1.807) is 12.1 Å². The summed E-state index contributed by atoms with van der Waals surface area (Å²) in [5.74, 6) is 0.0772. The van der Waals surface area contributed by atoms with Gasteiger partial charge in [-0.05, 0) is 24.3 Å². The minimum Gasteiger partial charge on any atom is -0.492 e. The molecule has 0 aliphatic carbocycles. The van der Waals surface area contributed by atoms with Gasteiger partial charge in [0.15, 0.2) is 0 Å². The van der Waals surface area contributed by atoms with Gasteiger partial charge in [-0.15, -0.1) is 0 Å². The highest BCUT2D eigenvalue weighted by Gasteiger charge is 2.12. The number of anilines is 1. The molecule has 9 heteroatoms. The topological polar surface area (TPSA) is 116 Å². The van der Waals surface area contributed by atoms with Crippen molar-refractivity contribution in [1.82, 2.24) is 9.78 Å². The number of nitro groups is 1. The summed E-state index contributed by atoms with van der Waals surface area (Å²) in [6.07, 6.45) is 0. The number of hydrogen-bond acceptors (Lipinski definition) is 6. The van der Waals surface area contributed by atoms with E-state index in [0.29, 0.717) is 5.75 Å². The molecule has 0 radical (unpaired) electrons. The van der Waals surface area contributed by atoms with Gasteiger partial charge in [-0.3, -0.25) is 19.7 Å². The van der Waals surface area contributed by atoms with Crippen LogP contribution in [-0.4, -0.2) is 27.2 Å². The Hall–Kier alpha value is -4.01. The molecule has 0 atom stereocenters. The zero-order valence-electron chi connectivity index (χ0n) is 14.6. The van der Waals surface area contributed by atoms with E-state index >= 15 is 0 Å². The maximum absolute atomic E-state index is 12.4. The number of non-ortho nitro benzene ring substituents is 1. The fourth-order valence-electron chi connectivity index (χ4n) is 2.39. The Kier molecular flexibility index (Phi) is 5.75. The second-order valence-corrected chi connectivity index (χ2v) is 5.70. The molecule has 0 bridgehead atoms. The summed E-state index contributed by atoms with van der Waals surface area (Å²) in [7, 11) is 0. The van der Waals surface area contributed by atoms with Crippen LogP contribution in [-0.2, 0) is 6.54 Å². The van der Waals surface area contributed by atoms with E-state index in [4.69, 9.17) is 4.74 Å². The molecular weight excluding hydrogens is 364 g/mol. The summed E-state index contributed by atoms with van der Waals surface area (Å²) in [6, 6.07) is 17.2. The molecule has 28 heavy (non-hydrogen) atoms. The van der Waals surface area contributed by atoms with E-state index in [-0.39, 0.29) is 35.8 Å². The van der Waals surface area contributed by atoms with E-state index in [1.807, 2.05) is 18.2 Å². The normalized spacial score (nSPS) is 10.3. The third kappa shape index (κ3) is 4.79. The van der Waals surface area contributed by atoms with Crippen LogP contribution in [0.5, 0.6) is 5.75 Å². The predicted octanol–water partition coefficient (Wildman–Crippen LogP) is 2.48. The SMILES string of the molecule is O=C(Nc1cccc([N+](=O)[O-])c1)c1ccc(=O)n(CCOc2ccccc2)n1. The summed E-state index contributed by atoms with van der Waals surface area (Å²) < 4.78 is 6.66. The van der Waals surface area contributed by atoms with Crippen molar-refractivity contribution in [2.75, 3.05) is 11.9 Å². The lowest BCUT2D eigenvalue weighted by Crippen LogP contribution is -2.28. The van der Waals surface area contributed by atoms with Gasteiger partial charge in [0, 0.05) is 23.9 Å². The Labute approximate surface area is 159 Å². The third-order valence-electron chi connectivity index (χ3n) is 3.73. The van der Waals surface area contributed by atoms with Crippen molar-refractivity contribution in [3.05, 3.63) is 92.9 Å². The van der Waals surface area contributed by atoms with E-state index in [1.165, 1.54) is 36.4 Å². The van der Waals surface area contributed by atoms with E-state index < -0.39 is 10.8 Å². The fraction of sp³-hybridized carbons (Fsp3) is 0.105. The minimum absolute atomic E-state index is 0.00539. The second-order valence-electron chi connectivity index (χ2n) is 5.70.